The molecule has 0 atom stereocenters. The van der Waals surface area contributed by atoms with Gasteiger partial charge in [0.15, 0.2) is 18.1 Å². The van der Waals surface area contributed by atoms with Crippen molar-refractivity contribution in [3.63, 3.8) is 0 Å². The third-order valence-corrected chi connectivity index (χ3v) is 5.05. The minimum Gasteiger partial charge on any atom is -0.493 e. The summed E-state index contributed by atoms with van der Waals surface area (Å²) >= 11 is 0. The first kappa shape index (κ1) is 21.9. The first-order chi connectivity index (χ1) is 14.3. The van der Waals surface area contributed by atoms with E-state index in [2.05, 4.69) is 4.74 Å². The lowest BCUT2D eigenvalue weighted by Gasteiger charge is -2.24. The minimum absolute atomic E-state index is 0.0331. The molecule has 1 fully saturated rings. The molecule has 0 unspecified atom stereocenters. The van der Waals surface area contributed by atoms with E-state index in [0.29, 0.717) is 6.54 Å². The molecule has 0 N–H and O–H groups in total. The molecule has 2 aromatic rings. The second-order valence-electron chi connectivity index (χ2n) is 7.63. The number of carbonyl (C=O) groups is 1. The lowest BCUT2D eigenvalue weighted by atomic mass is 10.1. The minimum atomic E-state index is -2.93. The van der Waals surface area contributed by atoms with Crippen LogP contribution in [0.1, 0.15) is 35.1 Å². The summed E-state index contributed by atoms with van der Waals surface area (Å²) in [6.07, 6.45) is 1.88. The number of hydrogen-bond donors (Lipinski definition) is 0. The van der Waals surface area contributed by atoms with Crippen molar-refractivity contribution in [2.75, 3.05) is 13.7 Å². The smallest absolute Gasteiger partial charge is 0.387 e. The maximum absolute atomic E-state index is 12.9. The van der Waals surface area contributed by atoms with Gasteiger partial charge in [0, 0.05) is 12.6 Å². The van der Waals surface area contributed by atoms with Gasteiger partial charge in [-0.25, -0.2) is 0 Å². The van der Waals surface area contributed by atoms with Crippen LogP contribution in [0.3, 0.4) is 0 Å². The fourth-order valence-corrected chi connectivity index (χ4v) is 3.62. The Morgan fingerprint density at radius 2 is 1.77 bits per heavy atom. The van der Waals surface area contributed by atoms with Gasteiger partial charge in [0.05, 0.1) is 7.11 Å². The first-order valence-electron chi connectivity index (χ1n) is 9.90. The molecule has 1 aliphatic rings. The Bertz CT molecular complexity index is 889. The van der Waals surface area contributed by atoms with E-state index in [1.165, 1.54) is 13.2 Å². The molecule has 0 spiro atoms. The number of carbonyl (C=O) groups excluding carboxylic acids is 1. The van der Waals surface area contributed by atoms with Crippen LogP contribution >= 0.6 is 0 Å². The Morgan fingerprint density at radius 1 is 1.10 bits per heavy atom. The Hall–Kier alpha value is -2.83. The molecule has 0 heterocycles. The van der Waals surface area contributed by atoms with Crippen LogP contribution in [-0.2, 0) is 11.3 Å². The van der Waals surface area contributed by atoms with Crippen molar-refractivity contribution in [1.29, 1.82) is 0 Å². The second-order valence-corrected chi connectivity index (χ2v) is 7.63. The van der Waals surface area contributed by atoms with Gasteiger partial charge in [0.1, 0.15) is 5.75 Å². The Kier molecular flexibility index (Phi) is 6.80. The quantitative estimate of drug-likeness (QED) is 0.586. The standard InChI is InChI=1S/C23H27F2NO4/c1-14-9-15(2)22(16(3)10-14)29-13-21(27)26(18-6-7-18)12-17-5-8-19(30-23(24)25)20(11-17)28-4/h5,8-11,18,23H,6-7,12-13H2,1-4H3. The van der Waals surface area contributed by atoms with Gasteiger partial charge < -0.3 is 19.1 Å². The number of benzene rings is 2. The number of alkyl halides is 2. The average molecular weight is 419 g/mol. The van der Waals surface area contributed by atoms with Gasteiger partial charge in [0.25, 0.3) is 5.91 Å². The van der Waals surface area contributed by atoms with Gasteiger partial charge in [-0.3, -0.25) is 4.79 Å². The molecule has 5 nitrogen and oxygen atoms in total. The molecule has 162 valence electrons. The highest BCUT2D eigenvalue weighted by Crippen LogP contribution is 2.33. The molecule has 7 heteroatoms. The van der Waals surface area contributed by atoms with Crippen molar-refractivity contribution >= 4 is 5.91 Å². The summed E-state index contributed by atoms with van der Waals surface area (Å²) in [5, 5.41) is 0. The number of methoxy groups -OCH3 is 1. The predicted octanol–water partition coefficient (Wildman–Crippen LogP) is 4.79. The van der Waals surface area contributed by atoms with Crippen LogP contribution < -0.4 is 14.2 Å². The second kappa shape index (κ2) is 9.32. The zero-order valence-electron chi connectivity index (χ0n) is 17.7. The third-order valence-electron chi connectivity index (χ3n) is 5.05. The monoisotopic (exact) mass is 419 g/mol. The maximum atomic E-state index is 12.9. The van der Waals surface area contributed by atoms with E-state index in [9.17, 15) is 13.6 Å². The third kappa shape index (κ3) is 5.40. The predicted molar refractivity (Wildman–Crippen MR) is 109 cm³/mol. The Morgan fingerprint density at radius 3 is 2.33 bits per heavy atom. The number of nitrogens with zero attached hydrogens (tertiary/aromatic N) is 1. The molecule has 3 rings (SSSR count). The molecule has 0 radical (unpaired) electrons. The van der Waals surface area contributed by atoms with E-state index in [1.54, 1.807) is 17.0 Å². The van der Waals surface area contributed by atoms with Gasteiger partial charge in [-0.1, -0.05) is 23.8 Å². The summed E-state index contributed by atoms with van der Waals surface area (Å²) in [5.74, 6) is 0.802. The van der Waals surface area contributed by atoms with Crippen molar-refractivity contribution < 1.29 is 27.8 Å². The van der Waals surface area contributed by atoms with Crippen molar-refractivity contribution in [3.05, 3.63) is 52.6 Å². The summed E-state index contributed by atoms with van der Waals surface area (Å²) in [4.78, 5) is 14.7. The molecule has 1 amide bonds. The van der Waals surface area contributed by atoms with Crippen LogP contribution in [0.25, 0.3) is 0 Å². The summed E-state index contributed by atoms with van der Waals surface area (Å²) in [6.45, 7) is 3.33. The Balaban J connectivity index is 1.70. The fourth-order valence-electron chi connectivity index (χ4n) is 3.62. The van der Waals surface area contributed by atoms with E-state index in [4.69, 9.17) is 9.47 Å². The average Bonchev–Trinajstić information content (AvgIpc) is 3.50. The normalized spacial score (nSPS) is 13.3. The summed E-state index contributed by atoms with van der Waals surface area (Å²) in [5.41, 5.74) is 3.92. The number of halogens is 2. The summed E-state index contributed by atoms with van der Waals surface area (Å²) in [7, 11) is 1.39. The number of ether oxygens (including phenoxy) is 3. The SMILES string of the molecule is COc1cc(CN(C(=O)COc2c(C)cc(C)cc2C)C2CC2)ccc1OC(F)F. The highest BCUT2D eigenvalue weighted by molar-refractivity contribution is 5.78. The van der Waals surface area contributed by atoms with Gasteiger partial charge in [-0.2, -0.15) is 8.78 Å². The lowest BCUT2D eigenvalue weighted by Crippen LogP contribution is -2.36. The molecule has 0 saturated heterocycles. The van der Waals surface area contributed by atoms with Crippen LogP contribution in [0, 0.1) is 20.8 Å². The fraction of sp³-hybridized carbons (Fsp3) is 0.435. The number of amides is 1. The lowest BCUT2D eigenvalue weighted by molar-refractivity contribution is -0.134. The van der Waals surface area contributed by atoms with Crippen LogP contribution in [0.15, 0.2) is 30.3 Å². The highest BCUT2D eigenvalue weighted by Gasteiger charge is 2.33. The zero-order valence-corrected chi connectivity index (χ0v) is 17.7. The van der Waals surface area contributed by atoms with Crippen LogP contribution in [0.2, 0.25) is 0 Å². The Labute approximate surface area is 175 Å². The molecule has 0 bridgehead atoms. The van der Waals surface area contributed by atoms with Crippen LogP contribution in [-0.4, -0.2) is 37.2 Å². The summed E-state index contributed by atoms with van der Waals surface area (Å²) in [6, 6.07) is 8.95. The van der Waals surface area contributed by atoms with E-state index in [1.807, 2.05) is 32.9 Å². The molecule has 1 aliphatic carbocycles. The molecule has 1 saturated carbocycles. The first-order valence-corrected chi connectivity index (χ1v) is 9.90. The van der Waals surface area contributed by atoms with Crippen LogP contribution in [0.5, 0.6) is 17.2 Å². The topological polar surface area (TPSA) is 48.0 Å². The number of hydrogen-bond acceptors (Lipinski definition) is 4. The van der Waals surface area contributed by atoms with E-state index >= 15 is 0 Å². The van der Waals surface area contributed by atoms with Crippen LogP contribution in [0.4, 0.5) is 8.78 Å². The molecule has 30 heavy (non-hydrogen) atoms. The largest absolute Gasteiger partial charge is 0.493 e. The molecule has 0 aliphatic heterocycles. The van der Waals surface area contributed by atoms with Crippen molar-refractivity contribution in [3.8, 4) is 17.2 Å². The van der Waals surface area contributed by atoms with E-state index < -0.39 is 6.61 Å². The highest BCUT2D eigenvalue weighted by atomic mass is 19.3. The van der Waals surface area contributed by atoms with Crippen molar-refractivity contribution in [2.24, 2.45) is 0 Å². The maximum Gasteiger partial charge on any atom is 0.387 e. The molecular weight excluding hydrogens is 392 g/mol. The van der Waals surface area contributed by atoms with Gasteiger partial charge in [0.2, 0.25) is 0 Å². The van der Waals surface area contributed by atoms with E-state index in [0.717, 1.165) is 40.8 Å². The molecular formula is C23H27F2NO4. The van der Waals surface area contributed by atoms with Gasteiger partial charge >= 0.3 is 6.61 Å². The molecule has 0 aromatic heterocycles. The number of rotatable bonds is 9. The molecule has 2 aromatic carbocycles. The van der Waals surface area contributed by atoms with Crippen molar-refractivity contribution in [1.82, 2.24) is 4.90 Å². The van der Waals surface area contributed by atoms with Gasteiger partial charge in [-0.15, -0.1) is 0 Å². The van der Waals surface area contributed by atoms with Crippen molar-refractivity contribution in [2.45, 2.75) is 52.8 Å². The van der Waals surface area contributed by atoms with Gasteiger partial charge in [-0.05, 0) is 62.4 Å². The number of aryl methyl sites for hydroxylation is 3. The summed E-state index contributed by atoms with van der Waals surface area (Å²) < 4.78 is 40.5. The van der Waals surface area contributed by atoms with E-state index in [-0.39, 0.29) is 30.1 Å². The zero-order chi connectivity index (χ0) is 21.8.